The molecule has 2 aliphatic heterocycles. The smallest absolute Gasteiger partial charge is 0.410 e. The van der Waals surface area contributed by atoms with E-state index in [-0.39, 0.29) is 18.1 Å². The van der Waals surface area contributed by atoms with Crippen molar-refractivity contribution in [3.05, 3.63) is 64.9 Å². The number of benzene rings is 1. The summed E-state index contributed by atoms with van der Waals surface area (Å²) in [7, 11) is 0. The topological polar surface area (TPSA) is 62.2 Å². The minimum atomic E-state index is -0.777. The number of aliphatic imine (C=N–C) groups is 1. The fourth-order valence-electron chi connectivity index (χ4n) is 5.47. The van der Waals surface area contributed by atoms with Crippen LogP contribution in [0.3, 0.4) is 0 Å². The molecule has 0 saturated carbocycles. The number of likely N-dealkylation sites (tertiary alicyclic amines) is 1. The van der Waals surface area contributed by atoms with E-state index in [0.717, 1.165) is 60.3 Å². The van der Waals surface area contributed by atoms with Crippen LogP contribution >= 0.6 is 11.6 Å². The normalized spacial score (nSPS) is 18.8. The molecule has 0 aromatic heterocycles. The lowest BCUT2D eigenvalue weighted by Gasteiger charge is -2.46. The summed E-state index contributed by atoms with van der Waals surface area (Å²) in [6.07, 6.45) is 7.98. The van der Waals surface area contributed by atoms with Gasteiger partial charge in [0.2, 0.25) is 5.91 Å². The highest BCUT2D eigenvalue weighted by Crippen LogP contribution is 2.48. The van der Waals surface area contributed by atoms with Crippen molar-refractivity contribution in [2.75, 3.05) is 24.5 Å². The molecule has 1 spiro atoms. The largest absolute Gasteiger partial charge is 0.447 e. The highest BCUT2D eigenvalue weighted by atomic mass is 35.5. The molecule has 0 radical (unpaired) electrons. The molecular weight excluding hydrogens is 486 g/mol. The van der Waals surface area contributed by atoms with Gasteiger partial charge in [-0.2, -0.15) is 0 Å². The molecule has 6 nitrogen and oxygen atoms in total. The Morgan fingerprint density at radius 3 is 2.68 bits per heavy atom. The number of rotatable bonds is 9. The molecule has 2 heterocycles. The molecule has 4 rings (SSSR count). The second kappa shape index (κ2) is 11.3. The van der Waals surface area contributed by atoms with Crippen molar-refractivity contribution >= 4 is 35.0 Å². The van der Waals surface area contributed by atoms with Crippen LogP contribution in [0.5, 0.6) is 0 Å². The first-order valence-electron chi connectivity index (χ1n) is 13.2. The standard InChI is InChI=1S/C30H38ClN3O3/c1-6-7-10-21(4)15-24(32-26-12-9-8-11-22(26)5)17-34-27-16-23(31)13-14-25(27)30(28(34)35)18-33(19-30)29(36)37-20(2)3/h6,13-14,16,20H,1,4,7-12,15,17-19H2,2-3,5H3/b32-24+. The molecule has 1 fully saturated rings. The number of amides is 2. The highest BCUT2D eigenvalue weighted by molar-refractivity contribution is 6.31. The lowest BCUT2D eigenvalue weighted by molar-refractivity contribution is -0.128. The lowest BCUT2D eigenvalue weighted by Crippen LogP contribution is -2.65. The summed E-state index contributed by atoms with van der Waals surface area (Å²) in [4.78, 5) is 35.0. The summed E-state index contributed by atoms with van der Waals surface area (Å²) >= 11 is 6.40. The van der Waals surface area contributed by atoms with Crippen molar-refractivity contribution in [3.63, 3.8) is 0 Å². The Kier molecular flexibility index (Phi) is 8.27. The maximum Gasteiger partial charge on any atom is 0.410 e. The third-order valence-corrected chi connectivity index (χ3v) is 7.67. The molecule has 2 amide bonds. The maximum atomic E-state index is 14.0. The molecular formula is C30H38ClN3O3. The van der Waals surface area contributed by atoms with E-state index < -0.39 is 5.41 Å². The molecule has 7 heteroatoms. The van der Waals surface area contributed by atoms with E-state index in [9.17, 15) is 9.59 Å². The number of nitrogens with zero attached hydrogens (tertiary/aromatic N) is 3. The average molecular weight is 524 g/mol. The van der Waals surface area contributed by atoms with Crippen LogP contribution in [-0.2, 0) is 14.9 Å². The predicted octanol–water partition coefficient (Wildman–Crippen LogP) is 6.99. The van der Waals surface area contributed by atoms with E-state index in [2.05, 4.69) is 20.1 Å². The van der Waals surface area contributed by atoms with Crippen LogP contribution in [0.25, 0.3) is 0 Å². The summed E-state index contributed by atoms with van der Waals surface area (Å²) in [6, 6.07) is 5.60. The van der Waals surface area contributed by atoms with E-state index in [1.54, 1.807) is 4.90 Å². The Bertz CT molecular complexity index is 1160. The van der Waals surface area contributed by atoms with Crippen LogP contribution in [0.1, 0.15) is 71.3 Å². The van der Waals surface area contributed by atoms with Crippen LogP contribution in [0, 0.1) is 0 Å². The minimum Gasteiger partial charge on any atom is -0.447 e. The number of ether oxygens (including phenoxy) is 1. The molecule has 37 heavy (non-hydrogen) atoms. The van der Waals surface area contributed by atoms with Gasteiger partial charge < -0.3 is 14.5 Å². The molecule has 1 aliphatic carbocycles. The maximum absolute atomic E-state index is 14.0. The SMILES string of the molecule is C=CCCC(=C)C/C(CN1C(=O)C2(CN(C(=O)OC(C)C)C2)c2ccc(Cl)cc21)=N\C1=C(C)CCCC1. The number of anilines is 1. The van der Waals surface area contributed by atoms with E-state index in [4.69, 9.17) is 21.3 Å². The van der Waals surface area contributed by atoms with Crippen LogP contribution in [0.15, 0.2) is 59.3 Å². The summed E-state index contributed by atoms with van der Waals surface area (Å²) in [5.74, 6) is -0.0166. The first-order valence-corrected chi connectivity index (χ1v) is 13.6. The Morgan fingerprint density at radius 1 is 1.27 bits per heavy atom. The van der Waals surface area contributed by atoms with Gasteiger partial charge in [-0.25, -0.2) is 4.79 Å². The molecule has 1 aromatic rings. The Labute approximate surface area is 225 Å². The molecule has 0 bridgehead atoms. The predicted molar refractivity (Wildman–Crippen MR) is 150 cm³/mol. The molecule has 0 unspecified atom stereocenters. The minimum absolute atomic E-state index is 0.0166. The summed E-state index contributed by atoms with van der Waals surface area (Å²) in [5, 5.41) is 0.573. The van der Waals surface area contributed by atoms with Crippen LogP contribution in [0.4, 0.5) is 10.5 Å². The van der Waals surface area contributed by atoms with Gasteiger partial charge in [0.25, 0.3) is 0 Å². The molecule has 1 aromatic carbocycles. The molecule has 198 valence electrons. The monoisotopic (exact) mass is 523 g/mol. The quantitative estimate of drug-likeness (QED) is 0.259. The molecule has 0 atom stereocenters. The van der Waals surface area contributed by atoms with Gasteiger partial charge in [-0.05, 0) is 77.0 Å². The second-order valence-corrected chi connectivity index (χ2v) is 11.2. The molecule has 1 saturated heterocycles. The van der Waals surface area contributed by atoms with Gasteiger partial charge in [0.05, 0.1) is 12.6 Å². The van der Waals surface area contributed by atoms with E-state index in [1.165, 1.54) is 12.0 Å². The van der Waals surface area contributed by atoms with Crippen molar-refractivity contribution in [1.82, 2.24) is 4.90 Å². The van der Waals surface area contributed by atoms with Gasteiger partial charge in [0.15, 0.2) is 0 Å². The van der Waals surface area contributed by atoms with Crippen molar-refractivity contribution in [3.8, 4) is 0 Å². The molecule has 0 N–H and O–H groups in total. The zero-order valence-corrected chi connectivity index (χ0v) is 23.1. The fourth-order valence-corrected chi connectivity index (χ4v) is 5.63. The number of hydrogen-bond acceptors (Lipinski definition) is 4. The lowest BCUT2D eigenvalue weighted by atomic mass is 9.75. The summed E-state index contributed by atoms with van der Waals surface area (Å²) < 4.78 is 5.36. The number of allylic oxidation sites excluding steroid dienone is 4. The van der Waals surface area contributed by atoms with E-state index in [0.29, 0.717) is 31.1 Å². The van der Waals surface area contributed by atoms with Crippen molar-refractivity contribution < 1.29 is 14.3 Å². The summed E-state index contributed by atoms with van der Waals surface area (Å²) in [5.41, 5.74) is 5.40. The van der Waals surface area contributed by atoms with Crippen molar-refractivity contribution in [1.29, 1.82) is 0 Å². The van der Waals surface area contributed by atoms with Gasteiger partial charge >= 0.3 is 6.09 Å². The van der Waals surface area contributed by atoms with Gasteiger partial charge in [-0.3, -0.25) is 9.79 Å². The average Bonchev–Trinajstić information content (AvgIpc) is 3.05. The van der Waals surface area contributed by atoms with Gasteiger partial charge in [0.1, 0.15) is 5.41 Å². The van der Waals surface area contributed by atoms with E-state index in [1.807, 2.05) is 43.0 Å². The number of hydrogen-bond donors (Lipinski definition) is 0. The Balaban J connectivity index is 1.64. The van der Waals surface area contributed by atoms with Crippen LogP contribution < -0.4 is 4.90 Å². The van der Waals surface area contributed by atoms with Crippen LogP contribution in [-0.4, -0.2) is 48.4 Å². The summed E-state index contributed by atoms with van der Waals surface area (Å²) in [6.45, 7) is 14.9. The molecule has 3 aliphatic rings. The first kappa shape index (κ1) is 27.2. The fraction of sp³-hybridized carbons (Fsp3) is 0.500. The Morgan fingerprint density at radius 2 is 2.00 bits per heavy atom. The number of carbonyl (C=O) groups excluding carboxylic acids is 2. The third-order valence-electron chi connectivity index (χ3n) is 7.43. The first-order chi connectivity index (χ1) is 17.6. The van der Waals surface area contributed by atoms with Gasteiger partial charge in [0, 0.05) is 41.6 Å². The van der Waals surface area contributed by atoms with Gasteiger partial charge in [-0.1, -0.05) is 41.5 Å². The van der Waals surface area contributed by atoms with E-state index >= 15 is 0 Å². The van der Waals surface area contributed by atoms with Crippen molar-refractivity contribution in [2.45, 2.75) is 77.2 Å². The van der Waals surface area contributed by atoms with Crippen LogP contribution in [0.2, 0.25) is 5.02 Å². The number of fused-ring (bicyclic) bond motifs is 2. The second-order valence-electron chi connectivity index (χ2n) is 10.8. The third kappa shape index (κ3) is 5.69. The zero-order valence-electron chi connectivity index (χ0n) is 22.3. The number of halogens is 1. The zero-order chi connectivity index (χ0) is 26.7. The highest BCUT2D eigenvalue weighted by Gasteiger charge is 2.59. The Hall–Kier alpha value is -2.86. The van der Waals surface area contributed by atoms with Crippen molar-refractivity contribution in [2.24, 2.45) is 4.99 Å². The number of carbonyl (C=O) groups is 2. The van der Waals surface area contributed by atoms with Gasteiger partial charge in [-0.15, -0.1) is 6.58 Å².